The average molecular weight is 347 g/mol. The van der Waals surface area contributed by atoms with Crippen LogP contribution in [0.3, 0.4) is 0 Å². The highest BCUT2D eigenvalue weighted by molar-refractivity contribution is 6.31. The van der Waals surface area contributed by atoms with Gasteiger partial charge in [0.2, 0.25) is 5.91 Å². The molecule has 0 fully saturated rings. The number of hydrogen-bond donors (Lipinski definition) is 1. The number of carbonyl (C=O) groups is 1. The van der Waals surface area contributed by atoms with E-state index in [0.29, 0.717) is 11.6 Å². The Morgan fingerprint density at radius 2 is 2.00 bits per heavy atom. The molecule has 0 saturated heterocycles. The lowest BCUT2D eigenvalue weighted by molar-refractivity contribution is -0.129. The second-order valence-corrected chi connectivity index (χ2v) is 6.13. The van der Waals surface area contributed by atoms with Gasteiger partial charge in [-0.15, -0.1) is 0 Å². The number of hydrogen-bond acceptors (Lipinski definition) is 3. The summed E-state index contributed by atoms with van der Waals surface area (Å²) >= 11 is 6.19. The van der Waals surface area contributed by atoms with Crippen molar-refractivity contribution < 1.29 is 9.53 Å². The molecule has 24 heavy (non-hydrogen) atoms. The Labute approximate surface area is 148 Å². The van der Waals surface area contributed by atoms with Gasteiger partial charge in [0.25, 0.3) is 0 Å². The molecule has 0 aliphatic rings. The van der Waals surface area contributed by atoms with Crippen molar-refractivity contribution in [2.75, 3.05) is 20.7 Å². The first-order chi connectivity index (χ1) is 11.5. The molecule has 5 heteroatoms. The summed E-state index contributed by atoms with van der Waals surface area (Å²) in [4.78, 5) is 14.0. The number of carbonyl (C=O) groups excluding carboxylic acids is 1. The maximum absolute atomic E-state index is 12.3. The van der Waals surface area contributed by atoms with Crippen molar-refractivity contribution in [3.8, 4) is 5.75 Å². The first-order valence-corrected chi connectivity index (χ1v) is 8.23. The minimum atomic E-state index is 0.00729. The molecule has 0 saturated carbocycles. The summed E-state index contributed by atoms with van der Waals surface area (Å²) in [5.74, 6) is 0.815. The Kier molecular flexibility index (Phi) is 6.64. The van der Waals surface area contributed by atoms with Crippen molar-refractivity contribution in [1.82, 2.24) is 10.2 Å². The fourth-order valence-corrected chi connectivity index (χ4v) is 2.74. The zero-order chi connectivity index (χ0) is 17.5. The molecular weight excluding hydrogens is 324 g/mol. The minimum Gasteiger partial charge on any atom is -0.497 e. The van der Waals surface area contributed by atoms with Crippen molar-refractivity contribution in [3.05, 3.63) is 64.7 Å². The summed E-state index contributed by atoms with van der Waals surface area (Å²) < 4.78 is 5.21. The van der Waals surface area contributed by atoms with Crippen molar-refractivity contribution in [2.45, 2.75) is 19.5 Å². The number of amides is 1. The average Bonchev–Trinajstić information content (AvgIpc) is 2.59. The van der Waals surface area contributed by atoms with Crippen molar-refractivity contribution in [3.63, 3.8) is 0 Å². The molecule has 0 aliphatic carbocycles. The van der Waals surface area contributed by atoms with Crippen LogP contribution in [0.4, 0.5) is 0 Å². The molecule has 0 aliphatic heterocycles. The molecule has 1 N–H and O–H groups in total. The normalized spacial score (nSPS) is 11.8. The zero-order valence-electron chi connectivity index (χ0n) is 14.3. The van der Waals surface area contributed by atoms with Gasteiger partial charge in [0.05, 0.1) is 13.7 Å². The Morgan fingerprint density at radius 3 is 2.71 bits per heavy atom. The second kappa shape index (κ2) is 8.71. The van der Waals surface area contributed by atoms with Gasteiger partial charge in [-0.25, -0.2) is 0 Å². The highest BCUT2D eigenvalue weighted by Crippen LogP contribution is 2.22. The number of nitrogens with zero attached hydrogens (tertiary/aromatic N) is 1. The predicted molar refractivity (Wildman–Crippen MR) is 97.3 cm³/mol. The molecule has 1 unspecified atom stereocenters. The summed E-state index contributed by atoms with van der Waals surface area (Å²) in [6.45, 7) is 2.79. The van der Waals surface area contributed by atoms with E-state index in [1.807, 2.05) is 55.5 Å². The smallest absolute Gasteiger partial charge is 0.236 e. The fourth-order valence-electron chi connectivity index (χ4n) is 2.44. The molecule has 0 aromatic heterocycles. The molecule has 2 aromatic rings. The summed E-state index contributed by atoms with van der Waals surface area (Å²) in [7, 11) is 3.43. The topological polar surface area (TPSA) is 41.6 Å². The quantitative estimate of drug-likeness (QED) is 0.832. The highest BCUT2D eigenvalue weighted by Gasteiger charge is 2.13. The monoisotopic (exact) mass is 346 g/mol. The molecule has 4 nitrogen and oxygen atoms in total. The van der Waals surface area contributed by atoms with Crippen molar-refractivity contribution >= 4 is 17.5 Å². The molecule has 1 atom stereocenters. The van der Waals surface area contributed by atoms with Crippen molar-refractivity contribution in [2.24, 2.45) is 0 Å². The first kappa shape index (κ1) is 18.3. The van der Waals surface area contributed by atoms with E-state index in [9.17, 15) is 4.79 Å². The van der Waals surface area contributed by atoms with Gasteiger partial charge >= 0.3 is 0 Å². The van der Waals surface area contributed by atoms with Gasteiger partial charge in [-0.1, -0.05) is 41.9 Å². The Bertz CT molecular complexity index is 691. The van der Waals surface area contributed by atoms with Gasteiger partial charge < -0.3 is 15.0 Å². The Hall–Kier alpha value is -2.04. The molecule has 0 heterocycles. The lowest BCUT2D eigenvalue weighted by atomic mass is 10.1. The van der Waals surface area contributed by atoms with Crippen LogP contribution < -0.4 is 10.1 Å². The molecule has 2 rings (SSSR count). The van der Waals surface area contributed by atoms with E-state index in [-0.39, 0.29) is 18.5 Å². The predicted octanol–water partition coefficient (Wildman–Crippen LogP) is 3.66. The molecular formula is C19H23ClN2O2. The Morgan fingerprint density at radius 1 is 1.25 bits per heavy atom. The number of methoxy groups -OCH3 is 1. The molecule has 0 radical (unpaired) electrons. The van der Waals surface area contributed by atoms with Crippen LogP contribution in [0.25, 0.3) is 0 Å². The van der Waals surface area contributed by atoms with E-state index in [2.05, 4.69) is 5.32 Å². The van der Waals surface area contributed by atoms with Crippen LogP contribution in [0.15, 0.2) is 48.5 Å². The maximum Gasteiger partial charge on any atom is 0.236 e. The molecule has 2 aromatic carbocycles. The first-order valence-electron chi connectivity index (χ1n) is 7.86. The lowest BCUT2D eigenvalue weighted by Gasteiger charge is -2.20. The van der Waals surface area contributed by atoms with E-state index in [1.165, 1.54) is 0 Å². The van der Waals surface area contributed by atoms with Gasteiger partial charge in [-0.2, -0.15) is 0 Å². The third kappa shape index (κ3) is 4.98. The lowest BCUT2D eigenvalue weighted by Crippen LogP contribution is -2.36. The number of rotatable bonds is 7. The molecule has 0 spiro atoms. The third-order valence-electron chi connectivity index (χ3n) is 3.91. The summed E-state index contributed by atoms with van der Waals surface area (Å²) in [5, 5.41) is 3.93. The fraction of sp³-hybridized carbons (Fsp3) is 0.316. The van der Waals surface area contributed by atoms with Crippen LogP contribution in [-0.2, 0) is 11.3 Å². The largest absolute Gasteiger partial charge is 0.497 e. The van der Waals surface area contributed by atoms with Crippen LogP contribution in [0.2, 0.25) is 5.02 Å². The number of nitrogens with one attached hydrogen (secondary N) is 1. The molecule has 1 amide bonds. The Balaban J connectivity index is 1.88. The van der Waals surface area contributed by atoms with Gasteiger partial charge in [0.15, 0.2) is 0 Å². The number of likely N-dealkylation sites (N-methyl/N-ethyl adjacent to an activating group) is 1. The summed E-state index contributed by atoms with van der Waals surface area (Å²) in [6.07, 6.45) is 0. The summed E-state index contributed by atoms with van der Waals surface area (Å²) in [6, 6.07) is 15.4. The molecule has 128 valence electrons. The number of benzene rings is 2. The van der Waals surface area contributed by atoms with Crippen LogP contribution in [0.1, 0.15) is 24.1 Å². The van der Waals surface area contributed by atoms with Crippen LogP contribution in [-0.4, -0.2) is 31.5 Å². The van der Waals surface area contributed by atoms with E-state index in [0.717, 1.165) is 16.9 Å². The second-order valence-electron chi connectivity index (χ2n) is 5.73. The van der Waals surface area contributed by atoms with Gasteiger partial charge in [-0.05, 0) is 36.2 Å². The van der Waals surface area contributed by atoms with E-state index >= 15 is 0 Å². The van der Waals surface area contributed by atoms with Gasteiger partial charge in [0, 0.05) is 24.7 Å². The number of halogens is 1. The van der Waals surface area contributed by atoms with Crippen LogP contribution >= 0.6 is 11.6 Å². The number of ether oxygens (including phenoxy) is 1. The van der Waals surface area contributed by atoms with Crippen LogP contribution in [0, 0.1) is 0 Å². The van der Waals surface area contributed by atoms with Gasteiger partial charge in [-0.3, -0.25) is 4.79 Å². The summed E-state index contributed by atoms with van der Waals surface area (Å²) in [5.41, 5.74) is 2.02. The van der Waals surface area contributed by atoms with Crippen LogP contribution in [0.5, 0.6) is 5.75 Å². The van der Waals surface area contributed by atoms with Gasteiger partial charge in [0.1, 0.15) is 5.75 Å². The minimum absolute atomic E-state index is 0.00729. The van der Waals surface area contributed by atoms with Crippen molar-refractivity contribution in [1.29, 1.82) is 0 Å². The zero-order valence-corrected chi connectivity index (χ0v) is 15.0. The SMILES string of the molecule is COc1cccc(CN(C)C(=O)CNC(C)c2ccccc2Cl)c1. The maximum atomic E-state index is 12.3. The van der Waals surface area contributed by atoms with E-state index < -0.39 is 0 Å². The third-order valence-corrected chi connectivity index (χ3v) is 4.26. The van der Waals surface area contributed by atoms with E-state index in [4.69, 9.17) is 16.3 Å². The van der Waals surface area contributed by atoms with E-state index in [1.54, 1.807) is 19.1 Å². The highest BCUT2D eigenvalue weighted by atomic mass is 35.5. The standard InChI is InChI=1S/C19H23ClN2O2/c1-14(17-9-4-5-10-18(17)20)21-12-19(23)22(2)13-15-7-6-8-16(11-15)24-3/h4-11,14,21H,12-13H2,1-3H3. The molecule has 0 bridgehead atoms.